The monoisotopic (exact) mass is 417 g/mol. The van der Waals surface area contributed by atoms with Crippen molar-refractivity contribution in [3.8, 4) is 5.75 Å². The highest BCUT2D eigenvalue weighted by Crippen LogP contribution is 2.21. The van der Waals surface area contributed by atoms with E-state index in [4.69, 9.17) is 4.74 Å². The number of sulfone groups is 1. The van der Waals surface area contributed by atoms with E-state index in [2.05, 4.69) is 5.32 Å². The number of amides is 1. The Bertz CT molecular complexity index is 1090. The highest BCUT2D eigenvalue weighted by atomic mass is 32.2. The summed E-state index contributed by atoms with van der Waals surface area (Å²) in [6, 6.07) is 20.6. The molecule has 29 heavy (non-hydrogen) atoms. The van der Waals surface area contributed by atoms with Gasteiger partial charge in [0.15, 0.2) is 0 Å². The van der Waals surface area contributed by atoms with Crippen LogP contribution in [-0.2, 0) is 16.4 Å². The predicted molar refractivity (Wildman–Crippen MR) is 105 cm³/mol. The lowest BCUT2D eigenvalue weighted by molar-refractivity contribution is 0.102. The van der Waals surface area contributed by atoms with E-state index < -0.39 is 20.5 Å². The first-order valence-corrected chi connectivity index (χ1v) is 10.1. The summed E-state index contributed by atoms with van der Waals surface area (Å²) < 4.78 is 53.6. The van der Waals surface area contributed by atoms with Crippen LogP contribution in [0, 0.1) is 0 Å². The zero-order valence-corrected chi connectivity index (χ0v) is 15.9. The van der Waals surface area contributed by atoms with Gasteiger partial charge < -0.3 is 10.1 Å². The van der Waals surface area contributed by atoms with Crippen LogP contribution in [-0.4, -0.2) is 20.1 Å². The highest BCUT2D eigenvalue weighted by Gasteiger charge is 2.26. The molecule has 3 aromatic carbocycles. The van der Waals surface area contributed by atoms with Gasteiger partial charge in [-0.05, 0) is 42.0 Å². The van der Waals surface area contributed by atoms with Gasteiger partial charge in [0.05, 0.1) is 4.90 Å². The Kier molecular flexibility index (Phi) is 6.23. The van der Waals surface area contributed by atoms with Crippen LogP contribution in [0.1, 0.15) is 15.9 Å². The van der Waals surface area contributed by atoms with E-state index in [1.807, 2.05) is 6.07 Å². The van der Waals surface area contributed by atoms with E-state index in [0.717, 1.165) is 12.1 Å². The first-order chi connectivity index (χ1) is 13.9. The number of hydrogen-bond acceptors (Lipinski definition) is 4. The van der Waals surface area contributed by atoms with Crippen LogP contribution in [0.25, 0.3) is 0 Å². The Morgan fingerprint density at radius 2 is 1.62 bits per heavy atom. The van der Waals surface area contributed by atoms with Gasteiger partial charge in [-0.1, -0.05) is 36.4 Å². The molecule has 8 heteroatoms. The molecule has 150 valence electrons. The molecule has 3 aromatic rings. The molecule has 0 spiro atoms. The van der Waals surface area contributed by atoms with Gasteiger partial charge in [-0.15, -0.1) is 0 Å². The summed E-state index contributed by atoms with van der Waals surface area (Å²) >= 11 is 0. The lowest BCUT2D eigenvalue weighted by atomic mass is 10.2. The molecule has 0 fully saturated rings. The summed E-state index contributed by atoms with van der Waals surface area (Å²) in [5, 5.41) is 2.77. The van der Waals surface area contributed by atoms with Crippen LogP contribution in [0.3, 0.4) is 0 Å². The van der Waals surface area contributed by atoms with Crippen molar-refractivity contribution in [2.75, 3.05) is 5.32 Å². The van der Waals surface area contributed by atoms with Crippen molar-refractivity contribution in [3.05, 3.63) is 90.0 Å². The highest BCUT2D eigenvalue weighted by molar-refractivity contribution is 7.91. The van der Waals surface area contributed by atoms with Crippen molar-refractivity contribution >= 4 is 21.4 Å². The van der Waals surface area contributed by atoms with Gasteiger partial charge in [-0.3, -0.25) is 4.79 Å². The molecule has 1 amide bonds. The maximum absolute atomic E-state index is 12.6. The number of nitrogens with one attached hydrogen (secondary N) is 1. The number of benzene rings is 3. The van der Waals surface area contributed by atoms with Gasteiger partial charge in [0, 0.05) is 17.3 Å². The number of ether oxygens (including phenoxy) is 1. The Labute approximate surface area is 166 Å². The molecule has 0 aromatic heterocycles. The molecule has 0 saturated heterocycles. The number of halogens is 2. The van der Waals surface area contributed by atoms with Crippen molar-refractivity contribution in [2.45, 2.75) is 17.3 Å². The minimum absolute atomic E-state index is 0.102. The molecule has 0 aliphatic rings. The predicted octanol–water partition coefficient (Wildman–Crippen LogP) is 4.51. The Balaban J connectivity index is 1.63. The minimum Gasteiger partial charge on any atom is -0.489 e. The lowest BCUT2D eigenvalue weighted by Gasteiger charge is -2.10. The maximum atomic E-state index is 12.6. The number of alkyl halides is 2. The molecule has 5 nitrogen and oxygen atoms in total. The zero-order valence-electron chi connectivity index (χ0n) is 15.1. The average Bonchev–Trinajstić information content (AvgIpc) is 2.73. The third-order valence-electron chi connectivity index (χ3n) is 4.02. The second kappa shape index (κ2) is 8.83. The summed E-state index contributed by atoms with van der Waals surface area (Å²) in [5.41, 5.74) is 1.68. The van der Waals surface area contributed by atoms with E-state index in [1.54, 1.807) is 48.5 Å². The molecule has 0 radical (unpaired) electrons. The molecule has 0 bridgehead atoms. The van der Waals surface area contributed by atoms with E-state index in [0.29, 0.717) is 22.6 Å². The molecular formula is C21H17F2NO4S. The van der Waals surface area contributed by atoms with Crippen LogP contribution >= 0.6 is 0 Å². The van der Waals surface area contributed by atoms with Crippen molar-refractivity contribution in [1.29, 1.82) is 0 Å². The molecular weight excluding hydrogens is 400 g/mol. The van der Waals surface area contributed by atoms with E-state index >= 15 is 0 Å². The summed E-state index contributed by atoms with van der Waals surface area (Å²) in [7, 11) is -4.62. The SMILES string of the molecule is O=C(Nc1cccc(OCc2ccc(S(=O)(=O)C(F)F)cc2)c1)c1ccccc1. The molecule has 3 rings (SSSR count). The Morgan fingerprint density at radius 1 is 0.931 bits per heavy atom. The number of rotatable bonds is 7. The normalized spacial score (nSPS) is 11.3. The third kappa shape index (κ3) is 5.17. The summed E-state index contributed by atoms with van der Waals surface area (Å²) in [6.45, 7) is 0.102. The second-order valence-corrected chi connectivity index (χ2v) is 8.00. The quantitative estimate of drug-likeness (QED) is 0.614. The van der Waals surface area contributed by atoms with E-state index in [9.17, 15) is 22.0 Å². The molecule has 1 N–H and O–H groups in total. The standard InChI is InChI=1S/C21H17F2NO4S/c22-21(23)29(26,27)19-11-9-15(10-12-19)14-28-18-8-4-7-17(13-18)24-20(25)16-5-2-1-3-6-16/h1-13,21H,14H2,(H,24,25). The topological polar surface area (TPSA) is 72.5 Å². The van der Waals surface area contributed by atoms with Crippen LogP contribution in [0.5, 0.6) is 5.75 Å². The third-order valence-corrected chi connectivity index (χ3v) is 5.42. The van der Waals surface area contributed by atoms with Crippen LogP contribution < -0.4 is 10.1 Å². The lowest BCUT2D eigenvalue weighted by Crippen LogP contribution is -2.11. The fourth-order valence-electron chi connectivity index (χ4n) is 2.50. The Hall–Kier alpha value is -3.26. The minimum atomic E-state index is -4.62. The van der Waals surface area contributed by atoms with Crippen molar-refractivity contribution in [3.63, 3.8) is 0 Å². The van der Waals surface area contributed by atoms with Gasteiger partial charge >= 0.3 is 5.76 Å². The number of carbonyl (C=O) groups is 1. The fraction of sp³-hybridized carbons (Fsp3) is 0.0952. The smallest absolute Gasteiger partial charge is 0.341 e. The van der Waals surface area contributed by atoms with Crippen LogP contribution in [0.4, 0.5) is 14.5 Å². The van der Waals surface area contributed by atoms with Gasteiger partial charge in [0.1, 0.15) is 12.4 Å². The summed E-state index contributed by atoms with van der Waals surface area (Å²) in [5.74, 6) is -3.22. The van der Waals surface area contributed by atoms with Crippen molar-refractivity contribution in [2.24, 2.45) is 0 Å². The number of hydrogen-bond donors (Lipinski definition) is 1. The van der Waals surface area contributed by atoms with Crippen LogP contribution in [0.2, 0.25) is 0 Å². The largest absolute Gasteiger partial charge is 0.489 e. The average molecular weight is 417 g/mol. The van der Waals surface area contributed by atoms with Gasteiger partial charge in [-0.2, -0.15) is 8.78 Å². The van der Waals surface area contributed by atoms with Crippen molar-refractivity contribution in [1.82, 2.24) is 0 Å². The number of anilines is 1. The van der Waals surface area contributed by atoms with Gasteiger partial charge in [0.2, 0.25) is 9.84 Å². The Morgan fingerprint density at radius 3 is 2.28 bits per heavy atom. The van der Waals surface area contributed by atoms with Gasteiger partial charge in [0.25, 0.3) is 5.91 Å². The maximum Gasteiger partial charge on any atom is 0.341 e. The molecule has 0 aliphatic heterocycles. The van der Waals surface area contributed by atoms with Gasteiger partial charge in [-0.25, -0.2) is 8.42 Å². The summed E-state index contributed by atoms with van der Waals surface area (Å²) in [6.07, 6.45) is 0. The van der Waals surface area contributed by atoms with Crippen molar-refractivity contribution < 1.29 is 26.7 Å². The second-order valence-electron chi connectivity index (χ2n) is 6.09. The molecule has 0 aliphatic carbocycles. The van der Waals surface area contributed by atoms with Crippen LogP contribution in [0.15, 0.2) is 83.8 Å². The fourth-order valence-corrected chi connectivity index (χ4v) is 3.22. The first kappa shape index (κ1) is 20.5. The zero-order chi connectivity index (χ0) is 20.9. The molecule has 0 heterocycles. The molecule has 0 atom stereocenters. The van der Waals surface area contributed by atoms with E-state index in [-0.39, 0.29) is 12.5 Å². The van der Waals surface area contributed by atoms with E-state index in [1.165, 1.54) is 12.1 Å². The first-order valence-electron chi connectivity index (χ1n) is 8.56. The molecule has 0 unspecified atom stereocenters. The number of carbonyl (C=O) groups excluding carboxylic acids is 1. The summed E-state index contributed by atoms with van der Waals surface area (Å²) in [4.78, 5) is 11.8. The molecule has 0 saturated carbocycles.